The quantitative estimate of drug-likeness (QED) is 0.173. The van der Waals surface area contributed by atoms with Gasteiger partial charge in [-0.15, -0.1) is 0 Å². The van der Waals surface area contributed by atoms with Crippen molar-refractivity contribution in [2.75, 3.05) is 29.0 Å². The predicted octanol–water partition coefficient (Wildman–Crippen LogP) is 6.15. The molecule has 5 rings (SSSR count). The van der Waals surface area contributed by atoms with Gasteiger partial charge in [0.05, 0.1) is 11.4 Å². The molecule has 1 aliphatic rings. The van der Waals surface area contributed by atoms with Crippen LogP contribution in [0.2, 0.25) is 0 Å². The van der Waals surface area contributed by atoms with Crippen molar-refractivity contribution in [3.63, 3.8) is 0 Å². The molecular formula is C26H29N3O5S. The number of nitrogen functional groups attached to an aromatic ring is 1. The number of ether oxygens (including phenoxy) is 1. The molecule has 0 saturated carbocycles. The minimum absolute atomic E-state index is 0.850. The minimum atomic E-state index is -4.67. The van der Waals surface area contributed by atoms with Crippen LogP contribution in [0.5, 0.6) is 11.5 Å². The van der Waals surface area contributed by atoms with Gasteiger partial charge in [0.1, 0.15) is 5.69 Å². The van der Waals surface area contributed by atoms with Gasteiger partial charge >= 0.3 is 10.4 Å². The molecule has 4 aromatic rings. The third-order valence-electron chi connectivity index (χ3n) is 5.30. The van der Waals surface area contributed by atoms with Crippen LogP contribution in [0.15, 0.2) is 84.9 Å². The maximum atomic E-state index is 8.74. The van der Waals surface area contributed by atoms with E-state index in [1.54, 1.807) is 0 Å². The van der Waals surface area contributed by atoms with Crippen molar-refractivity contribution in [3.8, 4) is 11.5 Å². The molecule has 184 valence electrons. The summed E-state index contributed by atoms with van der Waals surface area (Å²) in [5.41, 5.74) is 9.88. The van der Waals surface area contributed by atoms with Crippen LogP contribution in [0.3, 0.4) is 0 Å². The SMILES string of the molecule is CCN(CC)c1cccc2c1Nc1ccccc1O2.Nc1cccc2ccccc12.O=S(=O)(O)O. The van der Waals surface area contributed by atoms with E-state index in [4.69, 9.17) is 28.0 Å². The van der Waals surface area contributed by atoms with Gasteiger partial charge in [-0.1, -0.05) is 54.6 Å². The predicted molar refractivity (Wildman–Crippen MR) is 142 cm³/mol. The summed E-state index contributed by atoms with van der Waals surface area (Å²) in [6.07, 6.45) is 0. The number of fused-ring (bicyclic) bond motifs is 3. The topological polar surface area (TPSA) is 125 Å². The zero-order chi connectivity index (χ0) is 25.4. The first-order chi connectivity index (χ1) is 16.7. The lowest BCUT2D eigenvalue weighted by Gasteiger charge is -2.29. The second kappa shape index (κ2) is 11.6. The summed E-state index contributed by atoms with van der Waals surface area (Å²) in [6.45, 7) is 6.30. The van der Waals surface area contributed by atoms with Crippen LogP contribution < -0.4 is 20.7 Å². The van der Waals surface area contributed by atoms with Crippen molar-refractivity contribution in [3.05, 3.63) is 84.9 Å². The van der Waals surface area contributed by atoms with Crippen LogP contribution in [0, 0.1) is 0 Å². The summed E-state index contributed by atoms with van der Waals surface area (Å²) < 4.78 is 37.6. The van der Waals surface area contributed by atoms with E-state index in [0.29, 0.717) is 0 Å². The summed E-state index contributed by atoms with van der Waals surface area (Å²) in [4.78, 5) is 2.32. The third kappa shape index (κ3) is 7.10. The van der Waals surface area contributed by atoms with Crippen LogP contribution in [0.4, 0.5) is 22.7 Å². The molecule has 1 heterocycles. The number of nitrogens with zero attached hydrogens (tertiary/aromatic N) is 1. The molecule has 4 aromatic carbocycles. The Bertz CT molecular complexity index is 1380. The van der Waals surface area contributed by atoms with E-state index < -0.39 is 10.4 Å². The number of nitrogens with one attached hydrogen (secondary N) is 1. The zero-order valence-corrected chi connectivity index (χ0v) is 20.4. The molecule has 0 radical (unpaired) electrons. The monoisotopic (exact) mass is 495 g/mol. The molecule has 0 aromatic heterocycles. The molecule has 0 spiro atoms. The average Bonchev–Trinajstić information content (AvgIpc) is 2.83. The second-order valence-electron chi connectivity index (χ2n) is 7.56. The molecule has 0 fully saturated rings. The smallest absolute Gasteiger partial charge is 0.394 e. The number of nitrogens with two attached hydrogens (primary N) is 1. The number of hydrogen-bond acceptors (Lipinski definition) is 6. The van der Waals surface area contributed by atoms with E-state index >= 15 is 0 Å². The first-order valence-corrected chi connectivity index (χ1v) is 12.5. The van der Waals surface area contributed by atoms with Crippen molar-refractivity contribution in [2.45, 2.75) is 13.8 Å². The zero-order valence-electron chi connectivity index (χ0n) is 19.5. The van der Waals surface area contributed by atoms with Gasteiger partial charge in [0.25, 0.3) is 0 Å². The van der Waals surface area contributed by atoms with E-state index in [1.807, 2.05) is 66.7 Å². The van der Waals surface area contributed by atoms with Gasteiger partial charge in [-0.05, 0) is 49.6 Å². The Morgan fingerprint density at radius 3 is 2.09 bits per heavy atom. The Morgan fingerprint density at radius 2 is 1.40 bits per heavy atom. The Morgan fingerprint density at radius 1 is 0.829 bits per heavy atom. The second-order valence-corrected chi connectivity index (χ2v) is 8.46. The van der Waals surface area contributed by atoms with Crippen LogP contribution >= 0.6 is 0 Å². The van der Waals surface area contributed by atoms with Crippen LogP contribution in [0.25, 0.3) is 10.8 Å². The highest BCUT2D eigenvalue weighted by Crippen LogP contribution is 2.46. The highest BCUT2D eigenvalue weighted by Gasteiger charge is 2.20. The molecule has 0 unspecified atom stereocenters. The average molecular weight is 496 g/mol. The van der Waals surface area contributed by atoms with Gasteiger partial charge in [0, 0.05) is 24.2 Å². The molecule has 5 N–H and O–H groups in total. The summed E-state index contributed by atoms with van der Waals surface area (Å²) in [5.74, 6) is 1.77. The van der Waals surface area contributed by atoms with Crippen molar-refractivity contribution >= 4 is 43.9 Å². The van der Waals surface area contributed by atoms with Crippen LogP contribution in [0.1, 0.15) is 13.8 Å². The summed E-state index contributed by atoms with van der Waals surface area (Å²) in [7, 11) is -4.67. The molecule has 0 atom stereocenters. The van der Waals surface area contributed by atoms with Crippen molar-refractivity contribution in [2.24, 2.45) is 0 Å². The van der Waals surface area contributed by atoms with E-state index in [-0.39, 0.29) is 0 Å². The van der Waals surface area contributed by atoms with Crippen LogP contribution in [-0.4, -0.2) is 30.6 Å². The van der Waals surface area contributed by atoms with E-state index in [0.717, 1.165) is 47.0 Å². The number of benzene rings is 4. The number of para-hydroxylation sites is 3. The maximum absolute atomic E-state index is 8.74. The van der Waals surface area contributed by atoms with Crippen LogP contribution in [-0.2, 0) is 10.4 Å². The molecular weight excluding hydrogens is 466 g/mol. The van der Waals surface area contributed by atoms with Gasteiger partial charge in [-0.2, -0.15) is 8.42 Å². The molecule has 0 aliphatic carbocycles. The summed E-state index contributed by atoms with van der Waals surface area (Å²) >= 11 is 0. The molecule has 0 amide bonds. The largest absolute Gasteiger partial charge is 0.453 e. The first kappa shape index (κ1) is 25.8. The minimum Gasteiger partial charge on any atom is -0.453 e. The van der Waals surface area contributed by atoms with Gasteiger partial charge in [0.15, 0.2) is 11.5 Å². The number of hydrogen-bond donors (Lipinski definition) is 4. The molecule has 35 heavy (non-hydrogen) atoms. The fourth-order valence-electron chi connectivity index (χ4n) is 3.72. The Balaban J connectivity index is 0.000000180. The molecule has 9 heteroatoms. The van der Waals surface area contributed by atoms with Gasteiger partial charge in [-0.25, -0.2) is 0 Å². The lowest BCUT2D eigenvalue weighted by molar-refractivity contribution is 0.381. The van der Waals surface area contributed by atoms with Crippen molar-refractivity contribution in [1.29, 1.82) is 0 Å². The standard InChI is InChI=1S/C16H18N2O.C10H9N.H2O4S/c1-3-18(4-2)13-9-7-11-15-16(13)17-12-8-5-6-10-14(12)19-15;11-10-7-3-5-8-4-1-2-6-9(8)10;1-5(2,3)4/h5-11,17H,3-4H2,1-2H3;1-7H,11H2;(H2,1,2,3,4). The normalized spacial score (nSPS) is 11.3. The fourth-order valence-corrected chi connectivity index (χ4v) is 3.72. The lowest BCUT2D eigenvalue weighted by Crippen LogP contribution is -2.23. The van der Waals surface area contributed by atoms with Crippen molar-refractivity contribution in [1.82, 2.24) is 0 Å². The van der Waals surface area contributed by atoms with Gasteiger partial charge in [-0.3, -0.25) is 9.11 Å². The van der Waals surface area contributed by atoms with Gasteiger partial charge in [0.2, 0.25) is 0 Å². The van der Waals surface area contributed by atoms with Gasteiger partial charge < -0.3 is 20.7 Å². The number of anilines is 4. The van der Waals surface area contributed by atoms with E-state index in [2.05, 4.69) is 42.3 Å². The molecule has 0 saturated heterocycles. The molecule has 1 aliphatic heterocycles. The molecule has 8 nitrogen and oxygen atoms in total. The fraction of sp³-hybridized carbons (Fsp3) is 0.154. The summed E-state index contributed by atoms with van der Waals surface area (Å²) in [5, 5.41) is 5.83. The van der Waals surface area contributed by atoms with Crippen molar-refractivity contribution < 1.29 is 22.3 Å². The maximum Gasteiger partial charge on any atom is 0.394 e. The Hall–Kier alpha value is -3.79. The first-order valence-electron chi connectivity index (χ1n) is 11.1. The number of rotatable bonds is 3. The highest BCUT2D eigenvalue weighted by molar-refractivity contribution is 7.79. The summed E-state index contributed by atoms with van der Waals surface area (Å²) in [6, 6.07) is 28.3. The third-order valence-corrected chi connectivity index (χ3v) is 5.30. The van der Waals surface area contributed by atoms with E-state index in [9.17, 15) is 0 Å². The Labute approximate surface area is 205 Å². The lowest BCUT2D eigenvalue weighted by atomic mass is 10.1. The van der Waals surface area contributed by atoms with E-state index in [1.165, 1.54) is 11.1 Å². The molecule has 0 bridgehead atoms. The highest BCUT2D eigenvalue weighted by atomic mass is 32.3. The Kier molecular flexibility index (Phi) is 8.53.